The number of nitrogens with zero attached hydrogens (tertiary/aromatic N) is 2. The van der Waals surface area contributed by atoms with Crippen molar-refractivity contribution in [3.8, 4) is 0 Å². The van der Waals surface area contributed by atoms with Crippen LogP contribution in [0, 0.1) is 0 Å². The van der Waals surface area contributed by atoms with Crippen molar-refractivity contribution in [1.29, 1.82) is 0 Å². The molecule has 0 aromatic rings. The normalized spacial score (nSPS) is 19.8. The van der Waals surface area contributed by atoms with Gasteiger partial charge in [0.05, 0.1) is 12.4 Å². The Balaban J connectivity index is 2.45. The molecule has 0 radical (unpaired) electrons. The van der Waals surface area contributed by atoms with Crippen molar-refractivity contribution in [2.24, 2.45) is 0 Å². The topological polar surface area (TPSA) is 72.9 Å². The summed E-state index contributed by atoms with van der Waals surface area (Å²) in [5.74, 6) is 0.158. The molecule has 1 rings (SSSR count). The van der Waals surface area contributed by atoms with Gasteiger partial charge >= 0.3 is 0 Å². The maximum absolute atomic E-state index is 12.2. The van der Waals surface area contributed by atoms with E-state index in [0.717, 1.165) is 13.0 Å². The number of aliphatic hydroxyl groups is 1. The Hall–Kier alpha value is -0.210. The van der Waals surface area contributed by atoms with Crippen molar-refractivity contribution >= 4 is 10.0 Å². The molecule has 0 saturated carbocycles. The van der Waals surface area contributed by atoms with E-state index in [0.29, 0.717) is 38.8 Å². The first-order valence-electron chi connectivity index (χ1n) is 7.00. The zero-order valence-corrected chi connectivity index (χ0v) is 12.8. The molecule has 0 spiro atoms. The molecule has 0 amide bonds. The SMILES string of the molecule is CC(C)NCCS(=O)(=O)N1CCCN(CCO)CC1. The molecule has 1 aliphatic rings. The fourth-order valence-corrected chi connectivity index (χ4v) is 3.60. The first kappa shape index (κ1) is 16.8. The van der Waals surface area contributed by atoms with Gasteiger partial charge in [0.1, 0.15) is 0 Å². The molecule has 114 valence electrons. The van der Waals surface area contributed by atoms with Gasteiger partial charge in [-0.15, -0.1) is 0 Å². The summed E-state index contributed by atoms with van der Waals surface area (Å²) < 4.78 is 26.0. The van der Waals surface area contributed by atoms with E-state index in [1.165, 1.54) is 0 Å². The minimum Gasteiger partial charge on any atom is -0.395 e. The van der Waals surface area contributed by atoms with Crippen LogP contribution in [0.15, 0.2) is 0 Å². The number of aliphatic hydroxyl groups excluding tert-OH is 1. The predicted molar refractivity (Wildman–Crippen MR) is 76.6 cm³/mol. The van der Waals surface area contributed by atoms with Crippen LogP contribution in [0.3, 0.4) is 0 Å². The van der Waals surface area contributed by atoms with Crippen molar-refractivity contribution in [3.05, 3.63) is 0 Å². The fourth-order valence-electron chi connectivity index (χ4n) is 2.20. The summed E-state index contributed by atoms with van der Waals surface area (Å²) in [5, 5.41) is 12.1. The third-order valence-electron chi connectivity index (χ3n) is 3.27. The molecule has 0 aliphatic carbocycles. The summed E-state index contributed by atoms with van der Waals surface area (Å²) in [7, 11) is -3.16. The Morgan fingerprint density at radius 3 is 2.58 bits per heavy atom. The Morgan fingerprint density at radius 1 is 1.21 bits per heavy atom. The third-order valence-corrected chi connectivity index (χ3v) is 5.14. The van der Waals surface area contributed by atoms with Crippen molar-refractivity contribution in [2.75, 3.05) is 51.6 Å². The van der Waals surface area contributed by atoms with Crippen LogP contribution in [-0.4, -0.2) is 80.4 Å². The summed E-state index contributed by atoms with van der Waals surface area (Å²) in [6, 6.07) is 0.305. The molecule has 0 aromatic heterocycles. The molecule has 0 unspecified atom stereocenters. The fraction of sp³-hybridized carbons (Fsp3) is 1.00. The maximum atomic E-state index is 12.2. The summed E-state index contributed by atoms with van der Waals surface area (Å²) in [6.45, 7) is 7.95. The predicted octanol–water partition coefficient (Wildman–Crippen LogP) is -0.686. The minimum absolute atomic E-state index is 0.130. The lowest BCUT2D eigenvalue weighted by molar-refractivity contribution is 0.202. The highest BCUT2D eigenvalue weighted by Gasteiger charge is 2.24. The molecule has 0 atom stereocenters. The van der Waals surface area contributed by atoms with Crippen molar-refractivity contribution in [1.82, 2.24) is 14.5 Å². The molecule has 0 bridgehead atoms. The van der Waals surface area contributed by atoms with E-state index in [-0.39, 0.29) is 12.4 Å². The van der Waals surface area contributed by atoms with Gasteiger partial charge in [0.25, 0.3) is 0 Å². The zero-order chi connectivity index (χ0) is 14.3. The molecular weight excluding hydrogens is 266 g/mol. The van der Waals surface area contributed by atoms with Crippen molar-refractivity contribution in [3.63, 3.8) is 0 Å². The van der Waals surface area contributed by atoms with Gasteiger partial charge < -0.3 is 10.4 Å². The van der Waals surface area contributed by atoms with Gasteiger partial charge in [0.15, 0.2) is 0 Å². The molecule has 6 nitrogen and oxygen atoms in total. The molecule has 7 heteroatoms. The Kier molecular flexibility index (Phi) is 7.23. The van der Waals surface area contributed by atoms with Gasteiger partial charge in [0.2, 0.25) is 10.0 Å². The van der Waals surface area contributed by atoms with Crippen molar-refractivity contribution in [2.45, 2.75) is 26.3 Å². The Bertz CT molecular complexity index is 346. The molecule has 1 heterocycles. The van der Waals surface area contributed by atoms with E-state index < -0.39 is 10.0 Å². The monoisotopic (exact) mass is 293 g/mol. The lowest BCUT2D eigenvalue weighted by Crippen LogP contribution is -2.40. The van der Waals surface area contributed by atoms with Crippen LogP contribution in [0.4, 0.5) is 0 Å². The Morgan fingerprint density at radius 2 is 1.95 bits per heavy atom. The third kappa shape index (κ3) is 6.18. The highest BCUT2D eigenvalue weighted by atomic mass is 32.2. The molecule has 19 heavy (non-hydrogen) atoms. The first-order chi connectivity index (χ1) is 8.95. The second kappa shape index (κ2) is 8.16. The van der Waals surface area contributed by atoms with Gasteiger partial charge in [-0.3, -0.25) is 4.90 Å². The van der Waals surface area contributed by atoms with E-state index in [4.69, 9.17) is 5.11 Å². The lowest BCUT2D eigenvalue weighted by atomic mass is 10.4. The number of β-amino-alcohol motifs (C(OH)–C–C–N with tert-alkyl or cyclic N) is 1. The molecular formula is C12H27N3O3S. The highest BCUT2D eigenvalue weighted by Crippen LogP contribution is 2.08. The van der Waals surface area contributed by atoms with Gasteiger partial charge in [-0.1, -0.05) is 13.8 Å². The number of hydrogen-bond donors (Lipinski definition) is 2. The number of hydrogen-bond acceptors (Lipinski definition) is 5. The van der Waals surface area contributed by atoms with Crippen LogP contribution in [-0.2, 0) is 10.0 Å². The van der Waals surface area contributed by atoms with E-state index in [1.807, 2.05) is 13.8 Å². The number of sulfonamides is 1. The quantitative estimate of drug-likeness (QED) is 0.650. The zero-order valence-electron chi connectivity index (χ0n) is 12.0. The summed E-state index contributed by atoms with van der Waals surface area (Å²) in [6.07, 6.45) is 0.830. The molecule has 1 saturated heterocycles. The molecule has 1 fully saturated rings. The second-order valence-corrected chi connectivity index (χ2v) is 7.33. The minimum atomic E-state index is -3.16. The number of nitrogens with one attached hydrogen (secondary N) is 1. The largest absolute Gasteiger partial charge is 0.395 e. The van der Waals surface area contributed by atoms with Crippen LogP contribution in [0.5, 0.6) is 0 Å². The first-order valence-corrected chi connectivity index (χ1v) is 8.61. The van der Waals surface area contributed by atoms with Crippen LogP contribution in [0.2, 0.25) is 0 Å². The average molecular weight is 293 g/mol. The van der Waals surface area contributed by atoms with E-state index in [2.05, 4.69) is 10.2 Å². The van der Waals surface area contributed by atoms with Gasteiger partial charge in [-0.2, -0.15) is 0 Å². The van der Waals surface area contributed by atoms with Gasteiger partial charge in [0, 0.05) is 38.8 Å². The van der Waals surface area contributed by atoms with Crippen LogP contribution < -0.4 is 5.32 Å². The standard InChI is InChI=1S/C12H27N3O3S/c1-12(2)13-4-11-19(17,18)15-6-3-5-14(7-8-15)9-10-16/h12-13,16H,3-11H2,1-2H3. The summed E-state index contributed by atoms with van der Waals surface area (Å²) in [5.41, 5.74) is 0. The summed E-state index contributed by atoms with van der Waals surface area (Å²) >= 11 is 0. The Labute approximate surface area is 116 Å². The highest BCUT2D eigenvalue weighted by molar-refractivity contribution is 7.89. The maximum Gasteiger partial charge on any atom is 0.215 e. The van der Waals surface area contributed by atoms with E-state index in [9.17, 15) is 8.42 Å². The molecule has 1 aliphatic heterocycles. The number of rotatable bonds is 7. The second-order valence-electron chi connectivity index (χ2n) is 5.24. The van der Waals surface area contributed by atoms with Crippen LogP contribution in [0.25, 0.3) is 0 Å². The lowest BCUT2D eigenvalue weighted by Gasteiger charge is -2.21. The average Bonchev–Trinajstić information content (AvgIpc) is 2.55. The van der Waals surface area contributed by atoms with E-state index in [1.54, 1.807) is 4.31 Å². The van der Waals surface area contributed by atoms with Crippen LogP contribution >= 0.6 is 0 Å². The smallest absolute Gasteiger partial charge is 0.215 e. The molecule has 2 N–H and O–H groups in total. The van der Waals surface area contributed by atoms with Gasteiger partial charge in [-0.05, 0) is 13.0 Å². The summed E-state index contributed by atoms with van der Waals surface area (Å²) in [4.78, 5) is 2.11. The van der Waals surface area contributed by atoms with E-state index >= 15 is 0 Å². The van der Waals surface area contributed by atoms with Crippen molar-refractivity contribution < 1.29 is 13.5 Å². The molecule has 0 aromatic carbocycles. The van der Waals surface area contributed by atoms with Gasteiger partial charge in [-0.25, -0.2) is 12.7 Å². The van der Waals surface area contributed by atoms with Crippen LogP contribution in [0.1, 0.15) is 20.3 Å².